The van der Waals surface area contributed by atoms with Crippen LogP contribution in [-0.2, 0) is 4.79 Å². The van der Waals surface area contributed by atoms with Crippen LogP contribution in [0, 0.1) is 0 Å². The van der Waals surface area contributed by atoms with Gasteiger partial charge in [0, 0.05) is 23.6 Å². The number of hydrogen-bond acceptors (Lipinski definition) is 5. The van der Waals surface area contributed by atoms with Gasteiger partial charge in [0.25, 0.3) is 0 Å². The summed E-state index contributed by atoms with van der Waals surface area (Å²) in [4.78, 5) is 19.0. The Balaban J connectivity index is 1.50. The van der Waals surface area contributed by atoms with Crippen LogP contribution in [0.1, 0.15) is 36.8 Å². The van der Waals surface area contributed by atoms with Gasteiger partial charge in [0.1, 0.15) is 5.75 Å². The second kappa shape index (κ2) is 7.64. The molecule has 144 valence electrons. The predicted octanol–water partition coefficient (Wildman–Crippen LogP) is 4.48. The minimum absolute atomic E-state index is 0.0428. The van der Waals surface area contributed by atoms with Crippen LogP contribution < -0.4 is 4.74 Å². The minimum Gasteiger partial charge on any atom is -0.497 e. The lowest BCUT2D eigenvalue weighted by atomic mass is 10.1. The Morgan fingerprint density at radius 1 is 1.25 bits per heavy atom. The summed E-state index contributed by atoms with van der Waals surface area (Å²) in [6.07, 6.45) is 0.359. The van der Waals surface area contributed by atoms with E-state index in [-0.39, 0.29) is 17.9 Å². The molecule has 1 amide bonds. The zero-order valence-electron chi connectivity index (χ0n) is 15.6. The molecule has 3 aromatic rings. The van der Waals surface area contributed by atoms with Gasteiger partial charge in [-0.3, -0.25) is 4.79 Å². The van der Waals surface area contributed by atoms with Crippen LogP contribution >= 0.6 is 11.6 Å². The van der Waals surface area contributed by atoms with E-state index in [1.165, 1.54) is 0 Å². The molecule has 2 atom stereocenters. The quantitative estimate of drug-likeness (QED) is 0.635. The maximum Gasteiger partial charge on any atom is 0.232 e. The van der Waals surface area contributed by atoms with E-state index in [1.54, 1.807) is 19.2 Å². The Labute approximate surface area is 168 Å². The molecule has 0 radical (unpaired) electrons. The highest BCUT2D eigenvalue weighted by molar-refractivity contribution is 6.30. The Kier molecular flexibility index (Phi) is 5.05. The number of amides is 1. The molecule has 0 spiro atoms. The third-order valence-corrected chi connectivity index (χ3v) is 5.33. The summed E-state index contributed by atoms with van der Waals surface area (Å²) in [6.45, 7) is 2.57. The average molecular weight is 398 g/mol. The third-order valence-electron chi connectivity index (χ3n) is 5.10. The van der Waals surface area contributed by atoms with E-state index in [2.05, 4.69) is 10.1 Å². The Bertz CT molecular complexity index is 987. The molecule has 28 heavy (non-hydrogen) atoms. The molecule has 6 nitrogen and oxygen atoms in total. The van der Waals surface area contributed by atoms with Crippen LogP contribution in [0.2, 0.25) is 5.02 Å². The molecule has 1 aliphatic rings. The number of methoxy groups -OCH3 is 1. The van der Waals surface area contributed by atoms with Crippen molar-refractivity contribution in [3.05, 3.63) is 65.0 Å². The standard InChI is InChI=1S/C21H20ClN3O3/c1-13(14-6-8-18(27-2)9-7-14)25-12-16(11-19(25)26)21-23-20(24-28-21)15-4-3-5-17(22)10-15/h3-10,13,16H,11-12H2,1-2H3. The van der Waals surface area contributed by atoms with Gasteiger partial charge in [-0.25, -0.2) is 0 Å². The van der Waals surface area contributed by atoms with Gasteiger partial charge >= 0.3 is 0 Å². The van der Waals surface area contributed by atoms with E-state index in [0.717, 1.165) is 16.9 Å². The van der Waals surface area contributed by atoms with Crippen molar-refractivity contribution in [3.63, 3.8) is 0 Å². The van der Waals surface area contributed by atoms with E-state index >= 15 is 0 Å². The zero-order valence-corrected chi connectivity index (χ0v) is 16.4. The van der Waals surface area contributed by atoms with Crippen molar-refractivity contribution in [2.75, 3.05) is 13.7 Å². The van der Waals surface area contributed by atoms with Crippen molar-refractivity contribution >= 4 is 17.5 Å². The first kappa shape index (κ1) is 18.5. The van der Waals surface area contributed by atoms with Crippen molar-refractivity contribution in [3.8, 4) is 17.1 Å². The van der Waals surface area contributed by atoms with Crippen LogP contribution in [0.25, 0.3) is 11.4 Å². The maximum absolute atomic E-state index is 12.6. The molecule has 2 unspecified atom stereocenters. The van der Waals surface area contributed by atoms with Gasteiger partial charge < -0.3 is 14.2 Å². The maximum atomic E-state index is 12.6. The van der Waals surface area contributed by atoms with Crippen molar-refractivity contribution in [1.82, 2.24) is 15.0 Å². The molecule has 4 rings (SSSR count). The van der Waals surface area contributed by atoms with Crippen molar-refractivity contribution in [2.45, 2.75) is 25.3 Å². The fraction of sp³-hybridized carbons (Fsp3) is 0.286. The van der Waals surface area contributed by atoms with Crippen molar-refractivity contribution in [2.24, 2.45) is 0 Å². The SMILES string of the molecule is COc1ccc(C(C)N2CC(c3nc(-c4cccc(Cl)c4)no3)CC2=O)cc1. The molecule has 0 bridgehead atoms. The molecule has 0 saturated carbocycles. The van der Waals surface area contributed by atoms with Gasteiger partial charge in [-0.05, 0) is 36.8 Å². The number of halogens is 1. The normalized spacial score (nSPS) is 17.8. The smallest absolute Gasteiger partial charge is 0.232 e. The molecule has 0 aliphatic carbocycles. The summed E-state index contributed by atoms with van der Waals surface area (Å²) >= 11 is 6.03. The summed E-state index contributed by atoms with van der Waals surface area (Å²) in [6, 6.07) is 15.0. The van der Waals surface area contributed by atoms with Crippen LogP contribution in [0.4, 0.5) is 0 Å². The molecule has 1 fully saturated rings. The largest absolute Gasteiger partial charge is 0.497 e. The van der Waals surface area contributed by atoms with E-state index in [0.29, 0.717) is 29.7 Å². The first-order valence-corrected chi connectivity index (χ1v) is 9.46. The van der Waals surface area contributed by atoms with E-state index in [1.807, 2.05) is 48.2 Å². The molecule has 0 N–H and O–H groups in total. The predicted molar refractivity (Wildman–Crippen MR) is 105 cm³/mol. The molecule has 2 heterocycles. The molecule has 1 aromatic heterocycles. The molecule has 1 aliphatic heterocycles. The summed E-state index contributed by atoms with van der Waals surface area (Å²) in [5.41, 5.74) is 1.84. The number of hydrogen-bond donors (Lipinski definition) is 0. The lowest BCUT2D eigenvalue weighted by Gasteiger charge is -2.25. The highest BCUT2D eigenvalue weighted by atomic mass is 35.5. The summed E-state index contributed by atoms with van der Waals surface area (Å²) < 4.78 is 10.7. The second-order valence-electron chi connectivity index (χ2n) is 6.86. The molecule has 2 aromatic carbocycles. The highest BCUT2D eigenvalue weighted by Gasteiger charge is 2.37. The number of rotatable bonds is 5. The van der Waals surface area contributed by atoms with Crippen LogP contribution in [0.5, 0.6) is 5.75 Å². The first-order chi connectivity index (χ1) is 13.5. The summed E-state index contributed by atoms with van der Waals surface area (Å²) in [7, 11) is 1.63. The number of likely N-dealkylation sites (tertiary alicyclic amines) is 1. The summed E-state index contributed by atoms with van der Waals surface area (Å²) in [5, 5.41) is 4.67. The first-order valence-electron chi connectivity index (χ1n) is 9.08. The third kappa shape index (κ3) is 3.60. The average Bonchev–Trinajstić information content (AvgIpc) is 3.34. The zero-order chi connectivity index (χ0) is 19.7. The molecular weight excluding hydrogens is 378 g/mol. The Morgan fingerprint density at radius 2 is 2.04 bits per heavy atom. The minimum atomic E-state index is -0.117. The lowest BCUT2D eigenvalue weighted by molar-refractivity contribution is -0.129. The summed E-state index contributed by atoms with van der Waals surface area (Å²) in [5.74, 6) is 1.71. The number of benzene rings is 2. The number of aromatic nitrogens is 2. The van der Waals surface area contributed by atoms with Gasteiger partial charge in [-0.1, -0.05) is 41.0 Å². The van der Waals surface area contributed by atoms with E-state index < -0.39 is 0 Å². The fourth-order valence-corrected chi connectivity index (χ4v) is 3.67. The van der Waals surface area contributed by atoms with E-state index in [9.17, 15) is 4.79 Å². The highest BCUT2D eigenvalue weighted by Crippen LogP contribution is 2.34. The Morgan fingerprint density at radius 3 is 2.75 bits per heavy atom. The van der Waals surface area contributed by atoms with Crippen LogP contribution in [-0.4, -0.2) is 34.6 Å². The number of carbonyl (C=O) groups excluding carboxylic acids is 1. The van der Waals surface area contributed by atoms with Gasteiger partial charge in [-0.2, -0.15) is 4.98 Å². The molecule has 1 saturated heterocycles. The molecule has 7 heteroatoms. The topological polar surface area (TPSA) is 68.5 Å². The van der Waals surface area contributed by atoms with Crippen LogP contribution in [0.15, 0.2) is 53.1 Å². The number of ether oxygens (including phenoxy) is 1. The Hall–Kier alpha value is -2.86. The number of carbonyl (C=O) groups is 1. The van der Waals surface area contributed by atoms with Gasteiger partial charge in [0.2, 0.25) is 17.6 Å². The van der Waals surface area contributed by atoms with Crippen molar-refractivity contribution in [1.29, 1.82) is 0 Å². The lowest BCUT2D eigenvalue weighted by Crippen LogP contribution is -2.28. The van der Waals surface area contributed by atoms with Gasteiger partial charge in [0.05, 0.1) is 19.1 Å². The number of nitrogens with zero attached hydrogens (tertiary/aromatic N) is 3. The van der Waals surface area contributed by atoms with Gasteiger partial charge in [-0.15, -0.1) is 0 Å². The monoisotopic (exact) mass is 397 g/mol. The van der Waals surface area contributed by atoms with Gasteiger partial charge in [0.15, 0.2) is 0 Å². The molecular formula is C21H20ClN3O3. The van der Waals surface area contributed by atoms with E-state index in [4.69, 9.17) is 20.9 Å². The van der Waals surface area contributed by atoms with Crippen LogP contribution in [0.3, 0.4) is 0 Å². The fourth-order valence-electron chi connectivity index (χ4n) is 3.48. The van der Waals surface area contributed by atoms with Crippen molar-refractivity contribution < 1.29 is 14.1 Å². The second-order valence-corrected chi connectivity index (χ2v) is 7.30.